The van der Waals surface area contributed by atoms with Gasteiger partial charge in [0.05, 0.1) is 0 Å². The first-order chi connectivity index (χ1) is 7.16. The van der Waals surface area contributed by atoms with Gasteiger partial charge >= 0.3 is 0 Å². The van der Waals surface area contributed by atoms with E-state index < -0.39 is 0 Å². The first-order valence-corrected chi connectivity index (χ1v) is 6.03. The lowest BCUT2D eigenvalue weighted by Crippen LogP contribution is -2.28. The minimum Gasteiger partial charge on any atom is -0.326 e. The average Bonchev–Trinajstić information content (AvgIpc) is 2.08. The Kier molecular flexibility index (Phi) is 3.10. The molecule has 0 spiro atoms. The molecule has 3 heteroatoms. The Morgan fingerprint density at radius 2 is 2.20 bits per heavy atom. The zero-order valence-electron chi connectivity index (χ0n) is 8.72. The summed E-state index contributed by atoms with van der Waals surface area (Å²) in [5, 5.41) is 2.98. The van der Waals surface area contributed by atoms with Crippen molar-refractivity contribution in [1.82, 2.24) is 0 Å². The van der Waals surface area contributed by atoms with Gasteiger partial charge in [0, 0.05) is 16.1 Å². The number of halogens is 1. The van der Waals surface area contributed by atoms with Gasteiger partial charge in [0.2, 0.25) is 5.91 Å². The predicted octanol–water partition coefficient (Wildman–Crippen LogP) is 3.50. The summed E-state index contributed by atoms with van der Waals surface area (Å²) in [6.45, 7) is 2.00. The Labute approximate surface area is 98.2 Å². The van der Waals surface area contributed by atoms with Gasteiger partial charge in [-0.3, -0.25) is 4.79 Å². The summed E-state index contributed by atoms with van der Waals surface area (Å²) in [4.78, 5) is 11.7. The van der Waals surface area contributed by atoms with Crippen molar-refractivity contribution >= 4 is 27.5 Å². The fourth-order valence-electron chi connectivity index (χ4n) is 1.63. The van der Waals surface area contributed by atoms with Gasteiger partial charge in [-0.15, -0.1) is 0 Å². The number of benzene rings is 1. The third-order valence-electron chi connectivity index (χ3n) is 2.93. The van der Waals surface area contributed by atoms with Gasteiger partial charge in [-0.1, -0.05) is 28.4 Å². The topological polar surface area (TPSA) is 29.1 Å². The van der Waals surface area contributed by atoms with E-state index in [9.17, 15) is 4.79 Å². The maximum absolute atomic E-state index is 11.7. The highest BCUT2D eigenvalue weighted by molar-refractivity contribution is 9.10. The van der Waals surface area contributed by atoms with Crippen LogP contribution in [0.4, 0.5) is 5.69 Å². The van der Waals surface area contributed by atoms with Crippen LogP contribution in [0.25, 0.3) is 0 Å². The highest BCUT2D eigenvalue weighted by atomic mass is 79.9. The summed E-state index contributed by atoms with van der Waals surface area (Å²) in [5.41, 5.74) is 2.02. The van der Waals surface area contributed by atoms with Crippen LogP contribution in [-0.2, 0) is 4.79 Å². The molecule has 0 radical (unpaired) electrons. The number of aryl methyl sites for hydroxylation is 1. The van der Waals surface area contributed by atoms with Gasteiger partial charge in [-0.25, -0.2) is 0 Å². The molecule has 80 valence electrons. The van der Waals surface area contributed by atoms with Gasteiger partial charge in [-0.2, -0.15) is 0 Å². The zero-order chi connectivity index (χ0) is 10.8. The Hall–Kier alpha value is -0.830. The fraction of sp³-hybridized carbons (Fsp3) is 0.417. The molecule has 0 atom stereocenters. The summed E-state index contributed by atoms with van der Waals surface area (Å²) in [6, 6.07) is 5.93. The first-order valence-electron chi connectivity index (χ1n) is 5.24. The molecule has 1 aliphatic carbocycles. The van der Waals surface area contributed by atoms with Gasteiger partial charge in [0.1, 0.15) is 0 Å². The standard InChI is InChI=1S/C12H14BrNO/c1-8-5-6-10(13)7-11(8)14-12(15)9-3-2-4-9/h5-7,9H,2-4H2,1H3,(H,14,15). The van der Waals surface area contributed by atoms with E-state index in [4.69, 9.17) is 0 Å². The van der Waals surface area contributed by atoms with E-state index in [2.05, 4.69) is 21.2 Å². The Bertz CT molecular complexity index is 385. The van der Waals surface area contributed by atoms with E-state index in [0.29, 0.717) is 0 Å². The molecule has 0 aromatic heterocycles. The first kappa shape index (κ1) is 10.7. The molecular formula is C12H14BrNO. The Balaban J connectivity index is 2.09. The SMILES string of the molecule is Cc1ccc(Br)cc1NC(=O)C1CCC1. The monoisotopic (exact) mass is 267 g/mol. The number of carbonyl (C=O) groups is 1. The average molecular weight is 268 g/mol. The van der Waals surface area contributed by atoms with Gasteiger partial charge in [0.25, 0.3) is 0 Å². The van der Waals surface area contributed by atoms with Crippen molar-refractivity contribution in [2.24, 2.45) is 5.92 Å². The number of hydrogen-bond donors (Lipinski definition) is 1. The van der Waals surface area contributed by atoms with Crippen molar-refractivity contribution in [2.45, 2.75) is 26.2 Å². The largest absolute Gasteiger partial charge is 0.326 e. The smallest absolute Gasteiger partial charge is 0.227 e. The summed E-state index contributed by atoms with van der Waals surface area (Å²) >= 11 is 3.40. The van der Waals surface area contributed by atoms with E-state index in [1.165, 1.54) is 6.42 Å². The van der Waals surface area contributed by atoms with Crippen LogP contribution in [0.2, 0.25) is 0 Å². The highest BCUT2D eigenvalue weighted by Gasteiger charge is 2.25. The molecule has 1 amide bonds. The van der Waals surface area contributed by atoms with Crippen molar-refractivity contribution in [3.63, 3.8) is 0 Å². The van der Waals surface area contributed by atoms with Crippen LogP contribution in [0, 0.1) is 12.8 Å². The molecule has 1 aromatic carbocycles. The number of anilines is 1. The summed E-state index contributed by atoms with van der Waals surface area (Å²) in [6.07, 6.45) is 3.27. The molecule has 1 fully saturated rings. The molecule has 1 aliphatic rings. The van der Waals surface area contributed by atoms with Crippen molar-refractivity contribution < 1.29 is 4.79 Å². The normalized spacial score (nSPS) is 15.9. The van der Waals surface area contributed by atoms with Gasteiger partial charge in [-0.05, 0) is 37.5 Å². The molecule has 1 saturated carbocycles. The lowest BCUT2D eigenvalue weighted by atomic mass is 9.85. The predicted molar refractivity (Wildman–Crippen MR) is 64.8 cm³/mol. The number of nitrogens with one attached hydrogen (secondary N) is 1. The fourth-order valence-corrected chi connectivity index (χ4v) is 2.00. The minimum atomic E-state index is 0.169. The molecule has 2 nitrogen and oxygen atoms in total. The summed E-state index contributed by atoms with van der Waals surface area (Å²) < 4.78 is 0.997. The molecule has 15 heavy (non-hydrogen) atoms. The maximum atomic E-state index is 11.7. The van der Waals surface area contributed by atoms with Crippen LogP contribution in [0.3, 0.4) is 0 Å². The van der Waals surface area contributed by atoms with Crippen LogP contribution >= 0.6 is 15.9 Å². The van der Waals surface area contributed by atoms with E-state index in [0.717, 1.165) is 28.6 Å². The molecule has 0 saturated heterocycles. The van der Waals surface area contributed by atoms with E-state index in [1.54, 1.807) is 0 Å². The third-order valence-corrected chi connectivity index (χ3v) is 3.43. The molecular weight excluding hydrogens is 254 g/mol. The number of amides is 1. The minimum absolute atomic E-state index is 0.169. The third kappa shape index (κ3) is 2.40. The van der Waals surface area contributed by atoms with Crippen LogP contribution in [0.15, 0.2) is 22.7 Å². The second-order valence-electron chi connectivity index (χ2n) is 4.08. The number of carbonyl (C=O) groups excluding carboxylic acids is 1. The lowest BCUT2D eigenvalue weighted by Gasteiger charge is -2.24. The van der Waals surface area contributed by atoms with Crippen molar-refractivity contribution in [3.05, 3.63) is 28.2 Å². The maximum Gasteiger partial charge on any atom is 0.227 e. The molecule has 0 aliphatic heterocycles. The molecule has 0 heterocycles. The summed E-state index contributed by atoms with van der Waals surface area (Å²) in [5.74, 6) is 0.408. The number of hydrogen-bond acceptors (Lipinski definition) is 1. The molecule has 0 bridgehead atoms. The van der Waals surface area contributed by atoms with Crippen molar-refractivity contribution in [3.8, 4) is 0 Å². The van der Waals surface area contributed by atoms with Gasteiger partial charge in [0.15, 0.2) is 0 Å². The quantitative estimate of drug-likeness (QED) is 0.873. The lowest BCUT2D eigenvalue weighted by molar-refractivity contribution is -0.122. The highest BCUT2D eigenvalue weighted by Crippen LogP contribution is 2.28. The van der Waals surface area contributed by atoms with E-state index >= 15 is 0 Å². The van der Waals surface area contributed by atoms with E-state index in [1.807, 2.05) is 25.1 Å². The molecule has 2 rings (SSSR count). The second-order valence-corrected chi connectivity index (χ2v) is 4.99. The van der Waals surface area contributed by atoms with Crippen LogP contribution in [0.1, 0.15) is 24.8 Å². The second kappa shape index (κ2) is 4.35. The van der Waals surface area contributed by atoms with Crippen molar-refractivity contribution in [2.75, 3.05) is 5.32 Å². The van der Waals surface area contributed by atoms with Crippen LogP contribution < -0.4 is 5.32 Å². The molecule has 0 unspecified atom stereocenters. The van der Waals surface area contributed by atoms with Gasteiger partial charge < -0.3 is 5.32 Å². The Morgan fingerprint density at radius 3 is 2.80 bits per heavy atom. The Morgan fingerprint density at radius 1 is 1.47 bits per heavy atom. The van der Waals surface area contributed by atoms with Crippen LogP contribution in [0.5, 0.6) is 0 Å². The van der Waals surface area contributed by atoms with Crippen molar-refractivity contribution in [1.29, 1.82) is 0 Å². The zero-order valence-corrected chi connectivity index (χ0v) is 10.3. The van der Waals surface area contributed by atoms with Crippen LogP contribution in [-0.4, -0.2) is 5.91 Å². The number of rotatable bonds is 2. The molecule has 1 N–H and O–H groups in total. The van der Waals surface area contributed by atoms with E-state index in [-0.39, 0.29) is 11.8 Å². The molecule has 1 aromatic rings. The summed E-state index contributed by atoms with van der Waals surface area (Å²) in [7, 11) is 0.